The molecule has 0 N–H and O–H groups in total. The third-order valence-electron chi connectivity index (χ3n) is 3.91. The van der Waals surface area contributed by atoms with Gasteiger partial charge in [-0.25, -0.2) is 12.8 Å². The zero-order valence-electron chi connectivity index (χ0n) is 11.9. The molecule has 1 aliphatic heterocycles. The van der Waals surface area contributed by atoms with Gasteiger partial charge in [0.15, 0.2) is 0 Å². The van der Waals surface area contributed by atoms with Gasteiger partial charge in [-0.15, -0.1) is 11.3 Å². The third kappa shape index (κ3) is 2.58. The Bertz CT molecular complexity index is 804. The van der Waals surface area contributed by atoms with Gasteiger partial charge in [0.1, 0.15) is 10.7 Å². The Hall–Kier alpha value is -0.950. The smallest absolute Gasteiger partial charge is 0.207 e. The summed E-state index contributed by atoms with van der Waals surface area (Å²) in [5.41, 5.74) is 1.04. The zero-order chi connectivity index (χ0) is 15.9. The standard InChI is InChI=1S/C15H15ClFNO2S2/c1-2-13-11-6-8-21-14(11)5-7-18(13)22(19,20)15-4-3-10(16)9-12(15)17/h3-4,6,8-9,13H,2,5,7H2,1H3/t13-/m1/s1. The number of rotatable bonds is 3. The molecule has 1 aromatic carbocycles. The van der Waals surface area contributed by atoms with Crippen molar-refractivity contribution in [3.63, 3.8) is 0 Å². The molecule has 3 nitrogen and oxygen atoms in total. The number of sulfonamides is 1. The first-order valence-electron chi connectivity index (χ1n) is 6.98. The Labute approximate surface area is 138 Å². The van der Waals surface area contributed by atoms with Gasteiger partial charge in [-0.3, -0.25) is 0 Å². The number of thiophene rings is 1. The number of hydrogen-bond acceptors (Lipinski definition) is 3. The van der Waals surface area contributed by atoms with Crippen molar-refractivity contribution in [2.75, 3.05) is 6.54 Å². The first kappa shape index (κ1) is 15.9. The number of benzene rings is 1. The van der Waals surface area contributed by atoms with Crippen molar-refractivity contribution in [1.29, 1.82) is 0 Å². The van der Waals surface area contributed by atoms with Gasteiger partial charge in [0, 0.05) is 16.4 Å². The van der Waals surface area contributed by atoms with Gasteiger partial charge in [-0.2, -0.15) is 4.31 Å². The summed E-state index contributed by atoms with van der Waals surface area (Å²) in [6.45, 7) is 2.31. The van der Waals surface area contributed by atoms with E-state index < -0.39 is 15.8 Å². The molecule has 0 spiro atoms. The summed E-state index contributed by atoms with van der Waals surface area (Å²) in [4.78, 5) is 0.906. The van der Waals surface area contributed by atoms with Gasteiger partial charge in [0.2, 0.25) is 10.0 Å². The number of fused-ring (bicyclic) bond motifs is 1. The maximum Gasteiger partial charge on any atom is 0.246 e. The van der Waals surface area contributed by atoms with E-state index in [4.69, 9.17) is 11.6 Å². The summed E-state index contributed by atoms with van der Waals surface area (Å²) in [6, 6.07) is 5.40. The second kappa shape index (κ2) is 5.92. The summed E-state index contributed by atoms with van der Waals surface area (Å²) in [6.07, 6.45) is 1.32. The highest BCUT2D eigenvalue weighted by molar-refractivity contribution is 7.89. The van der Waals surface area contributed by atoms with Crippen LogP contribution in [-0.4, -0.2) is 19.3 Å². The average Bonchev–Trinajstić information content (AvgIpc) is 2.94. The molecule has 2 aromatic rings. The Balaban J connectivity index is 2.06. The highest BCUT2D eigenvalue weighted by atomic mass is 35.5. The van der Waals surface area contributed by atoms with Crippen molar-refractivity contribution < 1.29 is 12.8 Å². The molecule has 22 heavy (non-hydrogen) atoms. The minimum atomic E-state index is -3.89. The minimum Gasteiger partial charge on any atom is -0.207 e. The molecule has 0 saturated heterocycles. The predicted octanol–water partition coefficient (Wildman–Crippen LogP) is 4.24. The molecule has 118 valence electrons. The summed E-state index contributed by atoms with van der Waals surface area (Å²) in [5.74, 6) is -0.807. The Kier molecular flexibility index (Phi) is 4.29. The number of nitrogens with zero attached hydrogens (tertiary/aromatic N) is 1. The molecule has 1 atom stereocenters. The molecular formula is C15H15ClFNO2S2. The van der Waals surface area contributed by atoms with Crippen LogP contribution in [0.1, 0.15) is 29.8 Å². The van der Waals surface area contributed by atoms with E-state index in [-0.39, 0.29) is 16.0 Å². The molecule has 7 heteroatoms. The lowest BCUT2D eigenvalue weighted by molar-refractivity contribution is 0.302. The predicted molar refractivity (Wildman–Crippen MR) is 86.4 cm³/mol. The molecule has 0 fully saturated rings. The van der Waals surface area contributed by atoms with E-state index in [0.29, 0.717) is 19.4 Å². The van der Waals surface area contributed by atoms with Gasteiger partial charge < -0.3 is 0 Å². The lowest BCUT2D eigenvalue weighted by Gasteiger charge is -2.34. The van der Waals surface area contributed by atoms with Crippen LogP contribution >= 0.6 is 22.9 Å². The lowest BCUT2D eigenvalue weighted by Crippen LogP contribution is -2.39. The van der Waals surface area contributed by atoms with Crippen LogP contribution in [0.4, 0.5) is 4.39 Å². The van der Waals surface area contributed by atoms with Crippen LogP contribution in [0.3, 0.4) is 0 Å². The summed E-state index contributed by atoms with van der Waals surface area (Å²) in [7, 11) is -3.89. The van der Waals surface area contributed by atoms with E-state index in [1.165, 1.54) is 21.3 Å². The SMILES string of the molecule is CC[C@@H]1c2ccsc2CCN1S(=O)(=O)c1ccc(Cl)cc1F. The van der Waals surface area contributed by atoms with Crippen LogP contribution in [-0.2, 0) is 16.4 Å². The maximum absolute atomic E-state index is 14.1. The van der Waals surface area contributed by atoms with Crippen molar-refractivity contribution in [1.82, 2.24) is 4.31 Å². The van der Waals surface area contributed by atoms with Crippen LogP contribution in [0, 0.1) is 5.82 Å². The van der Waals surface area contributed by atoms with E-state index >= 15 is 0 Å². The highest BCUT2D eigenvalue weighted by Gasteiger charge is 2.37. The fraction of sp³-hybridized carbons (Fsp3) is 0.333. The molecule has 0 unspecified atom stereocenters. The van der Waals surface area contributed by atoms with E-state index in [2.05, 4.69) is 0 Å². The summed E-state index contributed by atoms with van der Waals surface area (Å²) in [5, 5.41) is 2.16. The summed E-state index contributed by atoms with van der Waals surface area (Å²) >= 11 is 7.36. The fourth-order valence-corrected chi connectivity index (χ4v) is 5.71. The van der Waals surface area contributed by atoms with Crippen LogP contribution in [0.15, 0.2) is 34.5 Å². The largest absolute Gasteiger partial charge is 0.246 e. The van der Waals surface area contributed by atoms with E-state index in [1.54, 1.807) is 11.3 Å². The van der Waals surface area contributed by atoms with Crippen LogP contribution in [0.25, 0.3) is 0 Å². The molecule has 0 radical (unpaired) electrons. The van der Waals surface area contributed by atoms with E-state index in [0.717, 1.165) is 11.6 Å². The quantitative estimate of drug-likeness (QED) is 0.822. The van der Waals surface area contributed by atoms with Crippen LogP contribution in [0.2, 0.25) is 5.02 Å². The molecule has 0 bridgehead atoms. The Morgan fingerprint density at radius 3 is 2.86 bits per heavy atom. The van der Waals surface area contributed by atoms with E-state index in [1.807, 2.05) is 18.4 Å². The zero-order valence-corrected chi connectivity index (χ0v) is 14.3. The van der Waals surface area contributed by atoms with Gasteiger partial charge in [0.25, 0.3) is 0 Å². The van der Waals surface area contributed by atoms with Crippen molar-refractivity contribution >= 4 is 33.0 Å². The molecule has 2 heterocycles. The fourth-order valence-electron chi connectivity index (χ4n) is 2.90. The van der Waals surface area contributed by atoms with Crippen molar-refractivity contribution in [3.05, 3.63) is 50.9 Å². The number of halogens is 2. The average molecular weight is 360 g/mol. The molecule has 1 aromatic heterocycles. The second-order valence-electron chi connectivity index (χ2n) is 5.16. The molecule has 0 saturated carbocycles. The van der Waals surface area contributed by atoms with Gasteiger partial charge in [0.05, 0.1) is 6.04 Å². The van der Waals surface area contributed by atoms with Gasteiger partial charge >= 0.3 is 0 Å². The molecule has 3 rings (SSSR count). The molecule has 0 amide bonds. The first-order valence-corrected chi connectivity index (χ1v) is 9.68. The first-order chi connectivity index (χ1) is 10.4. The third-order valence-corrected chi connectivity index (χ3v) is 7.09. The normalized spacial score (nSPS) is 19.1. The van der Waals surface area contributed by atoms with E-state index in [9.17, 15) is 12.8 Å². The van der Waals surface area contributed by atoms with Crippen LogP contribution in [0.5, 0.6) is 0 Å². The molecule has 0 aliphatic carbocycles. The minimum absolute atomic E-state index is 0.183. The van der Waals surface area contributed by atoms with Crippen molar-refractivity contribution in [2.24, 2.45) is 0 Å². The lowest BCUT2D eigenvalue weighted by atomic mass is 10.0. The van der Waals surface area contributed by atoms with Gasteiger partial charge in [-0.05, 0) is 48.1 Å². The maximum atomic E-state index is 14.1. The Morgan fingerprint density at radius 1 is 1.41 bits per heavy atom. The number of hydrogen-bond donors (Lipinski definition) is 0. The van der Waals surface area contributed by atoms with Crippen molar-refractivity contribution in [2.45, 2.75) is 30.7 Å². The van der Waals surface area contributed by atoms with Crippen molar-refractivity contribution in [3.8, 4) is 0 Å². The Morgan fingerprint density at radius 2 is 2.18 bits per heavy atom. The topological polar surface area (TPSA) is 37.4 Å². The van der Waals surface area contributed by atoms with Gasteiger partial charge in [-0.1, -0.05) is 18.5 Å². The second-order valence-corrected chi connectivity index (χ2v) is 8.46. The summed E-state index contributed by atoms with van der Waals surface area (Å²) < 4.78 is 41.2. The monoisotopic (exact) mass is 359 g/mol. The highest BCUT2D eigenvalue weighted by Crippen LogP contribution is 2.38. The molecule has 1 aliphatic rings. The van der Waals surface area contributed by atoms with Crippen LogP contribution < -0.4 is 0 Å². The molecular weight excluding hydrogens is 345 g/mol.